The van der Waals surface area contributed by atoms with E-state index < -0.39 is 0 Å². The summed E-state index contributed by atoms with van der Waals surface area (Å²) < 4.78 is 16.1. The molecule has 6 heteroatoms. The van der Waals surface area contributed by atoms with Gasteiger partial charge in [0.25, 0.3) is 0 Å². The van der Waals surface area contributed by atoms with Crippen LogP contribution in [0.3, 0.4) is 0 Å². The molecule has 1 N–H and O–H groups in total. The molecule has 0 spiro atoms. The Hall–Kier alpha value is -0.980. The molecule has 2 rings (SSSR count). The van der Waals surface area contributed by atoms with Crippen LogP contribution >= 0.6 is 0 Å². The first kappa shape index (κ1) is 12.5. The first-order valence-corrected chi connectivity index (χ1v) is 6.12. The summed E-state index contributed by atoms with van der Waals surface area (Å²) >= 11 is 0. The summed E-state index contributed by atoms with van der Waals surface area (Å²) in [6.45, 7) is 5.79. The molecule has 1 saturated heterocycles. The molecule has 6 nitrogen and oxygen atoms in total. The van der Waals surface area contributed by atoms with Gasteiger partial charge >= 0.3 is 0 Å². The number of aromatic nitrogens is 2. The Morgan fingerprint density at radius 2 is 2.41 bits per heavy atom. The van der Waals surface area contributed by atoms with Gasteiger partial charge in [0.2, 0.25) is 11.7 Å². The van der Waals surface area contributed by atoms with Gasteiger partial charge in [-0.15, -0.1) is 0 Å². The van der Waals surface area contributed by atoms with E-state index in [4.69, 9.17) is 14.0 Å². The number of hydrogen-bond acceptors (Lipinski definition) is 6. The molecule has 1 aliphatic heterocycles. The van der Waals surface area contributed by atoms with Gasteiger partial charge < -0.3 is 19.3 Å². The van der Waals surface area contributed by atoms with Crippen molar-refractivity contribution in [2.45, 2.75) is 25.9 Å². The molecule has 1 aromatic rings. The number of nitrogens with one attached hydrogen (secondary N) is 1. The summed E-state index contributed by atoms with van der Waals surface area (Å²) in [5, 5.41) is 7.16. The van der Waals surface area contributed by atoms with Crippen LogP contribution in [0.4, 0.5) is 0 Å². The first-order chi connectivity index (χ1) is 8.40. The fourth-order valence-electron chi connectivity index (χ4n) is 1.64. The molecular formula is C11H19N3O3. The Labute approximate surface area is 101 Å². The topological polar surface area (TPSA) is 69.4 Å². The Bertz CT molecular complexity index is 324. The summed E-state index contributed by atoms with van der Waals surface area (Å²) in [7, 11) is 0. The van der Waals surface area contributed by atoms with Crippen molar-refractivity contribution in [1.29, 1.82) is 0 Å². The van der Waals surface area contributed by atoms with Gasteiger partial charge in [-0.05, 0) is 6.42 Å². The number of hydrogen-bond donors (Lipinski definition) is 1. The fraction of sp³-hybridized carbons (Fsp3) is 0.818. The van der Waals surface area contributed by atoms with Crippen LogP contribution in [0.2, 0.25) is 0 Å². The largest absolute Gasteiger partial charge is 0.381 e. The SMILES string of the molecule is CCCOCCc1nc(C2CNCCO2)no1. The molecule has 1 aromatic heterocycles. The van der Waals surface area contributed by atoms with Gasteiger partial charge in [0.1, 0.15) is 6.10 Å². The highest BCUT2D eigenvalue weighted by Crippen LogP contribution is 2.15. The maximum atomic E-state index is 5.54. The lowest BCUT2D eigenvalue weighted by molar-refractivity contribution is 0.0208. The molecule has 0 bridgehead atoms. The highest BCUT2D eigenvalue weighted by molar-refractivity contribution is 4.93. The van der Waals surface area contributed by atoms with E-state index >= 15 is 0 Å². The molecule has 1 unspecified atom stereocenters. The van der Waals surface area contributed by atoms with Crippen LogP contribution < -0.4 is 5.32 Å². The van der Waals surface area contributed by atoms with E-state index in [1.54, 1.807) is 0 Å². The zero-order valence-electron chi connectivity index (χ0n) is 10.1. The number of nitrogens with zero attached hydrogens (tertiary/aromatic N) is 2. The van der Waals surface area contributed by atoms with Gasteiger partial charge in [0, 0.05) is 19.7 Å². The summed E-state index contributed by atoms with van der Waals surface area (Å²) in [6, 6.07) is 0. The second-order valence-electron chi connectivity index (χ2n) is 3.97. The zero-order chi connectivity index (χ0) is 11.9. The van der Waals surface area contributed by atoms with Gasteiger partial charge in [0.05, 0.1) is 19.6 Å². The summed E-state index contributed by atoms with van der Waals surface area (Å²) in [6.07, 6.45) is 1.60. The van der Waals surface area contributed by atoms with E-state index in [-0.39, 0.29) is 6.10 Å². The third-order valence-electron chi connectivity index (χ3n) is 2.51. The van der Waals surface area contributed by atoms with Crippen LogP contribution in [0, 0.1) is 0 Å². The van der Waals surface area contributed by atoms with Gasteiger partial charge in [0.15, 0.2) is 0 Å². The molecule has 17 heavy (non-hydrogen) atoms. The van der Waals surface area contributed by atoms with Crippen LogP contribution in [-0.4, -0.2) is 43.1 Å². The second-order valence-corrected chi connectivity index (χ2v) is 3.97. The molecule has 2 heterocycles. The number of morpholine rings is 1. The molecule has 1 fully saturated rings. The predicted octanol–water partition coefficient (Wildman–Crippen LogP) is 0.700. The summed E-state index contributed by atoms with van der Waals surface area (Å²) in [5.41, 5.74) is 0. The van der Waals surface area contributed by atoms with Crippen molar-refractivity contribution < 1.29 is 14.0 Å². The molecule has 0 radical (unpaired) electrons. The van der Waals surface area contributed by atoms with E-state index in [2.05, 4.69) is 22.4 Å². The molecule has 1 aliphatic rings. The fourth-order valence-corrected chi connectivity index (χ4v) is 1.64. The van der Waals surface area contributed by atoms with Crippen molar-refractivity contribution >= 4 is 0 Å². The number of rotatable bonds is 6. The molecule has 96 valence electrons. The van der Waals surface area contributed by atoms with Gasteiger partial charge in [-0.25, -0.2) is 0 Å². The Kier molecular flexibility index (Phi) is 4.90. The van der Waals surface area contributed by atoms with Crippen LogP contribution in [-0.2, 0) is 15.9 Å². The second kappa shape index (κ2) is 6.68. The minimum absolute atomic E-state index is 0.0854. The predicted molar refractivity (Wildman–Crippen MR) is 60.7 cm³/mol. The molecule has 0 saturated carbocycles. The Morgan fingerprint density at radius 3 is 3.18 bits per heavy atom. The van der Waals surface area contributed by atoms with E-state index in [1.807, 2.05) is 0 Å². The highest BCUT2D eigenvalue weighted by atomic mass is 16.5. The lowest BCUT2D eigenvalue weighted by Gasteiger charge is -2.20. The van der Waals surface area contributed by atoms with E-state index in [0.29, 0.717) is 31.3 Å². The lowest BCUT2D eigenvalue weighted by Crippen LogP contribution is -2.33. The molecule has 1 atom stereocenters. The van der Waals surface area contributed by atoms with E-state index in [9.17, 15) is 0 Å². The highest BCUT2D eigenvalue weighted by Gasteiger charge is 2.21. The normalized spacial score (nSPS) is 20.6. The minimum Gasteiger partial charge on any atom is -0.381 e. The van der Waals surface area contributed by atoms with Crippen LogP contribution in [0.5, 0.6) is 0 Å². The van der Waals surface area contributed by atoms with Crippen molar-refractivity contribution in [3.63, 3.8) is 0 Å². The van der Waals surface area contributed by atoms with Crippen LogP contribution in [0.15, 0.2) is 4.52 Å². The van der Waals surface area contributed by atoms with Crippen molar-refractivity contribution in [3.8, 4) is 0 Å². The lowest BCUT2D eigenvalue weighted by atomic mass is 10.3. The molecule has 0 aromatic carbocycles. The summed E-state index contributed by atoms with van der Waals surface area (Å²) in [4.78, 5) is 4.31. The number of ether oxygens (including phenoxy) is 2. The maximum absolute atomic E-state index is 5.54. The van der Waals surface area contributed by atoms with E-state index in [1.165, 1.54) is 0 Å². The average Bonchev–Trinajstić information content (AvgIpc) is 2.85. The molecule has 0 aliphatic carbocycles. The zero-order valence-corrected chi connectivity index (χ0v) is 10.1. The third kappa shape index (κ3) is 3.76. The van der Waals surface area contributed by atoms with Crippen LogP contribution in [0.1, 0.15) is 31.2 Å². The van der Waals surface area contributed by atoms with Gasteiger partial charge in [-0.3, -0.25) is 0 Å². The minimum atomic E-state index is -0.0854. The summed E-state index contributed by atoms with van der Waals surface area (Å²) in [5.74, 6) is 1.24. The van der Waals surface area contributed by atoms with Crippen molar-refractivity contribution in [3.05, 3.63) is 11.7 Å². The first-order valence-electron chi connectivity index (χ1n) is 6.12. The maximum Gasteiger partial charge on any atom is 0.229 e. The molecular weight excluding hydrogens is 222 g/mol. The quantitative estimate of drug-likeness (QED) is 0.739. The smallest absolute Gasteiger partial charge is 0.229 e. The Morgan fingerprint density at radius 1 is 1.47 bits per heavy atom. The van der Waals surface area contributed by atoms with Crippen molar-refractivity contribution in [1.82, 2.24) is 15.5 Å². The van der Waals surface area contributed by atoms with Crippen LogP contribution in [0.25, 0.3) is 0 Å². The monoisotopic (exact) mass is 241 g/mol. The standard InChI is InChI=1S/C11H19N3O3/c1-2-5-15-6-3-10-13-11(14-17-10)9-8-12-4-7-16-9/h9,12H,2-8H2,1H3. The Balaban J connectivity index is 1.78. The van der Waals surface area contributed by atoms with Gasteiger partial charge in [-0.1, -0.05) is 12.1 Å². The third-order valence-corrected chi connectivity index (χ3v) is 2.51. The van der Waals surface area contributed by atoms with E-state index in [0.717, 1.165) is 26.1 Å². The van der Waals surface area contributed by atoms with Crippen molar-refractivity contribution in [2.24, 2.45) is 0 Å². The van der Waals surface area contributed by atoms with Crippen molar-refractivity contribution in [2.75, 3.05) is 32.9 Å². The molecule has 0 amide bonds. The van der Waals surface area contributed by atoms with Gasteiger partial charge in [-0.2, -0.15) is 4.98 Å². The average molecular weight is 241 g/mol.